The molecule has 116 valence electrons. The minimum atomic E-state index is 0.378. The zero-order valence-electron chi connectivity index (χ0n) is 13.7. The first-order chi connectivity index (χ1) is 10.2. The lowest BCUT2D eigenvalue weighted by molar-refractivity contribution is 0.246. The molecule has 1 saturated heterocycles. The van der Waals surface area contributed by atoms with Crippen LogP contribution in [0.1, 0.15) is 63.9 Å². The lowest BCUT2D eigenvalue weighted by Crippen LogP contribution is -2.52. The van der Waals surface area contributed by atoms with Gasteiger partial charge in [0.2, 0.25) is 0 Å². The maximum Gasteiger partial charge on any atom is 0.0369 e. The first kappa shape index (κ1) is 14.9. The molecule has 0 amide bonds. The molecule has 0 aromatic heterocycles. The summed E-state index contributed by atoms with van der Waals surface area (Å²) < 4.78 is 0. The van der Waals surface area contributed by atoms with E-state index >= 15 is 0 Å². The van der Waals surface area contributed by atoms with Gasteiger partial charge in [0.05, 0.1) is 0 Å². The van der Waals surface area contributed by atoms with Crippen LogP contribution in [0.2, 0.25) is 0 Å². The first-order valence-corrected chi connectivity index (χ1v) is 8.79. The van der Waals surface area contributed by atoms with E-state index in [4.69, 9.17) is 0 Å². The van der Waals surface area contributed by atoms with Crippen molar-refractivity contribution < 1.29 is 0 Å². The smallest absolute Gasteiger partial charge is 0.0369 e. The van der Waals surface area contributed by atoms with E-state index in [0.29, 0.717) is 11.5 Å². The molecule has 0 radical (unpaired) electrons. The van der Waals surface area contributed by atoms with Gasteiger partial charge in [0, 0.05) is 24.3 Å². The molecule has 1 aliphatic carbocycles. The van der Waals surface area contributed by atoms with Gasteiger partial charge in [-0.3, -0.25) is 0 Å². The van der Waals surface area contributed by atoms with Crippen LogP contribution in [0.3, 0.4) is 0 Å². The SMILES string of the molecule is CC(C)c1cccc(N2CCCNC3(CCCCC3)C2)c1. The fourth-order valence-corrected chi connectivity index (χ4v) is 3.99. The predicted octanol–water partition coefficient (Wildman–Crippen LogP) is 4.31. The molecule has 1 heterocycles. The molecule has 21 heavy (non-hydrogen) atoms. The molecular formula is C19H30N2. The molecular weight excluding hydrogens is 256 g/mol. The number of nitrogens with one attached hydrogen (secondary N) is 1. The molecule has 1 aromatic rings. The highest BCUT2D eigenvalue weighted by molar-refractivity contribution is 5.50. The molecule has 2 heteroatoms. The summed E-state index contributed by atoms with van der Waals surface area (Å²) in [4.78, 5) is 2.64. The van der Waals surface area contributed by atoms with Crippen molar-refractivity contribution >= 4 is 5.69 Å². The van der Waals surface area contributed by atoms with Gasteiger partial charge in [0.15, 0.2) is 0 Å². The third-order valence-electron chi connectivity index (χ3n) is 5.31. The number of benzene rings is 1. The number of anilines is 1. The molecule has 1 N–H and O–H groups in total. The Morgan fingerprint density at radius 2 is 1.90 bits per heavy atom. The summed E-state index contributed by atoms with van der Waals surface area (Å²) in [6, 6.07) is 9.21. The van der Waals surface area contributed by atoms with E-state index < -0.39 is 0 Å². The number of nitrogens with zero attached hydrogens (tertiary/aromatic N) is 1. The third kappa shape index (κ3) is 3.42. The zero-order valence-corrected chi connectivity index (χ0v) is 13.7. The zero-order chi connectivity index (χ0) is 14.7. The maximum atomic E-state index is 3.89. The molecule has 1 aromatic carbocycles. The van der Waals surface area contributed by atoms with E-state index in [1.54, 1.807) is 0 Å². The maximum absolute atomic E-state index is 3.89. The van der Waals surface area contributed by atoms with Crippen LogP contribution < -0.4 is 10.2 Å². The summed E-state index contributed by atoms with van der Waals surface area (Å²) in [5, 5.41) is 3.89. The van der Waals surface area contributed by atoms with Crippen molar-refractivity contribution in [2.75, 3.05) is 24.5 Å². The molecule has 2 nitrogen and oxygen atoms in total. The van der Waals surface area contributed by atoms with E-state index in [0.717, 1.165) is 0 Å². The molecule has 1 spiro atoms. The predicted molar refractivity (Wildman–Crippen MR) is 91.2 cm³/mol. The van der Waals surface area contributed by atoms with Gasteiger partial charge in [-0.1, -0.05) is 45.2 Å². The largest absolute Gasteiger partial charge is 0.370 e. The van der Waals surface area contributed by atoms with Crippen molar-refractivity contribution in [2.45, 2.75) is 63.8 Å². The molecule has 1 saturated carbocycles. The number of hydrogen-bond acceptors (Lipinski definition) is 2. The standard InChI is InChI=1S/C19H30N2/c1-16(2)17-8-6-9-18(14-17)21-13-7-12-20-19(15-21)10-4-3-5-11-19/h6,8-9,14,16,20H,3-5,7,10-13,15H2,1-2H3. The third-order valence-corrected chi connectivity index (χ3v) is 5.31. The topological polar surface area (TPSA) is 15.3 Å². The highest BCUT2D eigenvalue weighted by atomic mass is 15.2. The molecule has 3 rings (SSSR count). The van der Waals surface area contributed by atoms with Gasteiger partial charge in [0.1, 0.15) is 0 Å². The Labute approximate surface area is 129 Å². The second-order valence-corrected chi connectivity index (χ2v) is 7.29. The second-order valence-electron chi connectivity index (χ2n) is 7.29. The van der Waals surface area contributed by atoms with Crippen LogP contribution in [0.5, 0.6) is 0 Å². The van der Waals surface area contributed by atoms with Gasteiger partial charge in [-0.05, 0) is 49.4 Å². The lowest BCUT2D eigenvalue weighted by atomic mass is 9.81. The minimum absolute atomic E-state index is 0.378. The Hall–Kier alpha value is -1.02. The molecule has 2 fully saturated rings. The molecule has 0 bridgehead atoms. The molecule has 1 aliphatic heterocycles. The van der Waals surface area contributed by atoms with Crippen molar-refractivity contribution in [3.8, 4) is 0 Å². The quantitative estimate of drug-likeness (QED) is 0.871. The van der Waals surface area contributed by atoms with Crippen LogP contribution >= 0.6 is 0 Å². The summed E-state index contributed by atoms with van der Waals surface area (Å²) in [6.45, 7) is 8.13. The van der Waals surface area contributed by atoms with E-state index in [-0.39, 0.29) is 0 Å². The van der Waals surface area contributed by atoms with Crippen molar-refractivity contribution in [3.05, 3.63) is 29.8 Å². The van der Waals surface area contributed by atoms with Gasteiger partial charge in [-0.25, -0.2) is 0 Å². The molecule has 2 aliphatic rings. The Morgan fingerprint density at radius 1 is 1.10 bits per heavy atom. The normalized spacial score (nSPS) is 22.5. The first-order valence-electron chi connectivity index (χ1n) is 8.79. The van der Waals surface area contributed by atoms with Gasteiger partial charge in [-0.2, -0.15) is 0 Å². The Morgan fingerprint density at radius 3 is 2.67 bits per heavy atom. The Bertz CT molecular complexity index is 460. The van der Waals surface area contributed by atoms with Crippen molar-refractivity contribution in [1.82, 2.24) is 5.32 Å². The highest BCUT2D eigenvalue weighted by Crippen LogP contribution is 2.32. The summed E-state index contributed by atoms with van der Waals surface area (Å²) >= 11 is 0. The van der Waals surface area contributed by atoms with Crippen LogP contribution in [0.4, 0.5) is 5.69 Å². The van der Waals surface area contributed by atoms with E-state index in [1.165, 1.54) is 69.4 Å². The fraction of sp³-hybridized carbons (Fsp3) is 0.684. The van der Waals surface area contributed by atoms with Crippen LogP contribution in [-0.2, 0) is 0 Å². The van der Waals surface area contributed by atoms with Crippen LogP contribution in [0.25, 0.3) is 0 Å². The second kappa shape index (κ2) is 6.39. The van der Waals surface area contributed by atoms with Gasteiger partial charge in [0.25, 0.3) is 0 Å². The van der Waals surface area contributed by atoms with Crippen LogP contribution in [0.15, 0.2) is 24.3 Å². The van der Waals surface area contributed by atoms with E-state index in [9.17, 15) is 0 Å². The monoisotopic (exact) mass is 286 g/mol. The van der Waals surface area contributed by atoms with Gasteiger partial charge in [-0.15, -0.1) is 0 Å². The van der Waals surface area contributed by atoms with Crippen molar-refractivity contribution in [1.29, 1.82) is 0 Å². The summed E-state index contributed by atoms with van der Waals surface area (Å²) in [5.74, 6) is 0.610. The van der Waals surface area contributed by atoms with E-state index in [1.807, 2.05) is 0 Å². The Balaban J connectivity index is 1.81. The van der Waals surface area contributed by atoms with Crippen molar-refractivity contribution in [2.24, 2.45) is 0 Å². The van der Waals surface area contributed by atoms with Crippen LogP contribution in [0, 0.1) is 0 Å². The summed E-state index contributed by atoms with van der Waals surface area (Å²) in [6.07, 6.45) is 8.18. The number of rotatable bonds is 2. The summed E-state index contributed by atoms with van der Waals surface area (Å²) in [7, 11) is 0. The van der Waals surface area contributed by atoms with Gasteiger partial charge < -0.3 is 10.2 Å². The average Bonchev–Trinajstić information content (AvgIpc) is 2.71. The van der Waals surface area contributed by atoms with Crippen LogP contribution in [-0.4, -0.2) is 25.2 Å². The van der Waals surface area contributed by atoms with Crippen molar-refractivity contribution in [3.63, 3.8) is 0 Å². The summed E-state index contributed by atoms with van der Waals surface area (Å²) in [5.41, 5.74) is 3.26. The fourth-order valence-electron chi connectivity index (χ4n) is 3.99. The average molecular weight is 286 g/mol. The minimum Gasteiger partial charge on any atom is -0.370 e. The lowest BCUT2D eigenvalue weighted by Gasteiger charge is -2.40. The highest BCUT2D eigenvalue weighted by Gasteiger charge is 2.34. The van der Waals surface area contributed by atoms with E-state index in [2.05, 4.69) is 48.3 Å². The molecule has 0 atom stereocenters. The number of hydrogen-bond donors (Lipinski definition) is 1. The Kier molecular flexibility index (Phi) is 4.54. The molecule has 0 unspecified atom stereocenters. The van der Waals surface area contributed by atoms with Gasteiger partial charge >= 0.3 is 0 Å².